The molecule has 0 saturated heterocycles. The van der Waals surface area contributed by atoms with Crippen LogP contribution in [-0.2, 0) is 14.8 Å². The molecule has 0 unspecified atom stereocenters. The first-order valence-electron chi connectivity index (χ1n) is 8.65. The first-order chi connectivity index (χ1) is 13.7. The van der Waals surface area contributed by atoms with Crippen molar-refractivity contribution in [3.63, 3.8) is 0 Å². The van der Waals surface area contributed by atoms with Crippen molar-refractivity contribution < 1.29 is 22.9 Å². The maximum absolute atomic E-state index is 12.4. The van der Waals surface area contributed by atoms with Gasteiger partial charge in [-0.3, -0.25) is 14.9 Å². The van der Waals surface area contributed by atoms with E-state index in [-0.39, 0.29) is 28.0 Å². The number of amides is 1. The molecule has 9 nitrogen and oxygen atoms in total. The van der Waals surface area contributed by atoms with Gasteiger partial charge in [-0.2, -0.15) is 4.31 Å². The highest BCUT2D eigenvalue weighted by atomic mass is 35.5. The van der Waals surface area contributed by atoms with Crippen molar-refractivity contribution >= 4 is 38.9 Å². The highest BCUT2D eigenvalue weighted by molar-refractivity contribution is 7.89. The first-order valence-corrected chi connectivity index (χ1v) is 10.5. The van der Waals surface area contributed by atoms with E-state index >= 15 is 0 Å². The van der Waals surface area contributed by atoms with Crippen LogP contribution in [0.15, 0.2) is 47.4 Å². The third-order valence-electron chi connectivity index (χ3n) is 3.97. The van der Waals surface area contributed by atoms with Crippen molar-refractivity contribution in [1.82, 2.24) is 4.31 Å². The summed E-state index contributed by atoms with van der Waals surface area (Å²) in [6.45, 7) is 3.86. The number of nitro groups is 1. The van der Waals surface area contributed by atoms with E-state index in [9.17, 15) is 23.3 Å². The van der Waals surface area contributed by atoms with Crippen LogP contribution in [0.2, 0.25) is 5.02 Å². The van der Waals surface area contributed by atoms with Crippen LogP contribution in [0.25, 0.3) is 0 Å². The van der Waals surface area contributed by atoms with Gasteiger partial charge in [0.1, 0.15) is 5.75 Å². The van der Waals surface area contributed by atoms with E-state index in [0.717, 1.165) is 6.07 Å². The van der Waals surface area contributed by atoms with E-state index in [2.05, 4.69) is 5.32 Å². The number of rotatable bonds is 9. The number of sulfonamides is 1. The molecule has 2 aromatic rings. The Morgan fingerprint density at radius 1 is 1.17 bits per heavy atom. The van der Waals surface area contributed by atoms with E-state index < -0.39 is 20.9 Å². The van der Waals surface area contributed by atoms with E-state index in [4.69, 9.17) is 16.3 Å². The van der Waals surface area contributed by atoms with Gasteiger partial charge in [0.2, 0.25) is 10.0 Å². The molecule has 11 heteroatoms. The Kier molecular flexibility index (Phi) is 7.54. The molecule has 0 heterocycles. The van der Waals surface area contributed by atoms with Crippen LogP contribution in [0, 0.1) is 10.1 Å². The Morgan fingerprint density at radius 3 is 2.31 bits per heavy atom. The molecule has 2 aromatic carbocycles. The van der Waals surface area contributed by atoms with Gasteiger partial charge in [-0.1, -0.05) is 25.4 Å². The second-order valence-electron chi connectivity index (χ2n) is 5.82. The van der Waals surface area contributed by atoms with Crippen molar-refractivity contribution in [2.75, 3.05) is 25.0 Å². The van der Waals surface area contributed by atoms with Gasteiger partial charge in [0.15, 0.2) is 6.61 Å². The number of nitrogens with zero attached hydrogens (tertiary/aromatic N) is 2. The zero-order chi connectivity index (χ0) is 21.6. The summed E-state index contributed by atoms with van der Waals surface area (Å²) < 4.78 is 31.5. The smallest absolute Gasteiger partial charge is 0.271 e. The van der Waals surface area contributed by atoms with Gasteiger partial charge < -0.3 is 10.1 Å². The summed E-state index contributed by atoms with van der Waals surface area (Å²) in [4.78, 5) is 22.3. The van der Waals surface area contributed by atoms with Crippen molar-refractivity contribution in [2.45, 2.75) is 18.7 Å². The fraction of sp³-hybridized carbons (Fsp3) is 0.278. The molecule has 1 N–H and O–H groups in total. The molecule has 0 aliphatic rings. The van der Waals surface area contributed by atoms with E-state index in [1.165, 1.54) is 40.7 Å². The lowest BCUT2D eigenvalue weighted by Crippen LogP contribution is -2.30. The Hall–Kier alpha value is -2.69. The van der Waals surface area contributed by atoms with Gasteiger partial charge in [0, 0.05) is 30.9 Å². The predicted molar refractivity (Wildman–Crippen MR) is 109 cm³/mol. The van der Waals surface area contributed by atoms with Crippen LogP contribution in [0.3, 0.4) is 0 Å². The monoisotopic (exact) mass is 441 g/mol. The number of carbonyl (C=O) groups is 1. The third kappa shape index (κ3) is 5.66. The number of nitrogens with one attached hydrogen (secondary N) is 1. The Balaban J connectivity index is 1.99. The lowest BCUT2D eigenvalue weighted by Gasteiger charge is -2.18. The predicted octanol–water partition coefficient (Wildman–Crippen LogP) is 3.30. The molecule has 0 aromatic heterocycles. The molecule has 0 spiro atoms. The normalized spacial score (nSPS) is 11.3. The zero-order valence-corrected chi connectivity index (χ0v) is 17.4. The molecule has 156 valence electrons. The topological polar surface area (TPSA) is 119 Å². The second kappa shape index (κ2) is 9.68. The Morgan fingerprint density at radius 2 is 1.79 bits per heavy atom. The number of anilines is 1. The number of ether oxygens (including phenoxy) is 1. The third-order valence-corrected chi connectivity index (χ3v) is 6.33. The summed E-state index contributed by atoms with van der Waals surface area (Å²) in [5, 5.41) is 13.3. The largest absolute Gasteiger partial charge is 0.482 e. The molecule has 0 fully saturated rings. The molecule has 1 amide bonds. The number of nitro benzene ring substituents is 1. The molecule has 29 heavy (non-hydrogen) atoms. The molecular weight excluding hydrogens is 422 g/mol. The van der Waals surface area contributed by atoms with Crippen molar-refractivity contribution in [1.29, 1.82) is 0 Å². The summed E-state index contributed by atoms with van der Waals surface area (Å²) in [5.41, 5.74) is 0.207. The number of benzene rings is 2. The lowest BCUT2D eigenvalue weighted by atomic mass is 10.3. The van der Waals surface area contributed by atoms with Gasteiger partial charge in [-0.05, 0) is 30.3 Å². The van der Waals surface area contributed by atoms with E-state index in [1.54, 1.807) is 13.8 Å². The highest BCUT2D eigenvalue weighted by Gasteiger charge is 2.21. The molecule has 2 rings (SSSR count). The number of carbonyl (C=O) groups excluding carboxylic acids is 1. The second-order valence-corrected chi connectivity index (χ2v) is 8.17. The molecule has 0 saturated carbocycles. The number of halogens is 1. The van der Waals surface area contributed by atoms with Crippen LogP contribution in [0.1, 0.15) is 13.8 Å². The molecule has 0 radical (unpaired) electrons. The van der Waals surface area contributed by atoms with Gasteiger partial charge in [0.25, 0.3) is 11.6 Å². The van der Waals surface area contributed by atoms with Gasteiger partial charge in [-0.25, -0.2) is 8.42 Å². The highest BCUT2D eigenvalue weighted by Crippen LogP contribution is 2.28. The minimum absolute atomic E-state index is 0.0120. The van der Waals surface area contributed by atoms with Gasteiger partial charge in [-0.15, -0.1) is 0 Å². The molecule has 0 bridgehead atoms. The number of non-ortho nitro benzene ring substituents is 1. The van der Waals surface area contributed by atoms with Crippen LogP contribution in [0.4, 0.5) is 11.4 Å². The van der Waals surface area contributed by atoms with E-state index in [0.29, 0.717) is 18.8 Å². The van der Waals surface area contributed by atoms with Crippen LogP contribution >= 0.6 is 11.6 Å². The molecule has 0 aliphatic heterocycles. The van der Waals surface area contributed by atoms with Crippen LogP contribution < -0.4 is 10.1 Å². The quantitative estimate of drug-likeness (QED) is 0.471. The van der Waals surface area contributed by atoms with Gasteiger partial charge >= 0.3 is 0 Å². The lowest BCUT2D eigenvalue weighted by molar-refractivity contribution is -0.384. The molecular formula is C18H20ClN3O6S. The molecule has 0 aliphatic carbocycles. The maximum atomic E-state index is 12.4. The zero-order valence-electron chi connectivity index (χ0n) is 15.8. The van der Waals surface area contributed by atoms with Crippen LogP contribution in [-0.4, -0.2) is 43.2 Å². The van der Waals surface area contributed by atoms with Crippen molar-refractivity contribution in [2.24, 2.45) is 0 Å². The standard InChI is InChI=1S/C18H20ClN3O6S/c1-3-21(4-2)29(26,27)15-8-5-13(6-9-15)20-18(23)12-28-17-10-7-14(22(24)25)11-16(17)19/h5-11H,3-4,12H2,1-2H3,(H,20,23). The minimum Gasteiger partial charge on any atom is -0.482 e. The fourth-order valence-corrected chi connectivity index (χ4v) is 4.17. The Bertz CT molecular complexity index is 991. The van der Waals surface area contributed by atoms with Crippen LogP contribution in [0.5, 0.6) is 5.75 Å². The average Bonchev–Trinajstić information content (AvgIpc) is 2.68. The fourth-order valence-electron chi connectivity index (χ4n) is 2.48. The maximum Gasteiger partial charge on any atom is 0.271 e. The van der Waals surface area contributed by atoms with Crippen molar-refractivity contribution in [3.05, 3.63) is 57.6 Å². The molecule has 0 atom stereocenters. The summed E-state index contributed by atoms with van der Waals surface area (Å²) in [7, 11) is -3.57. The summed E-state index contributed by atoms with van der Waals surface area (Å²) in [6.07, 6.45) is 0. The number of hydrogen-bond acceptors (Lipinski definition) is 6. The van der Waals surface area contributed by atoms with Gasteiger partial charge in [0.05, 0.1) is 14.8 Å². The number of hydrogen-bond donors (Lipinski definition) is 1. The minimum atomic E-state index is -3.57. The van der Waals surface area contributed by atoms with E-state index in [1.807, 2.05) is 0 Å². The SMILES string of the molecule is CCN(CC)S(=O)(=O)c1ccc(NC(=O)COc2ccc([N+](=O)[O-])cc2Cl)cc1. The first kappa shape index (κ1) is 22.6. The van der Waals surface area contributed by atoms with Crippen molar-refractivity contribution in [3.8, 4) is 5.75 Å². The summed E-state index contributed by atoms with van der Waals surface area (Å²) in [6, 6.07) is 9.44. The Labute approximate surface area is 173 Å². The average molecular weight is 442 g/mol. The summed E-state index contributed by atoms with van der Waals surface area (Å²) >= 11 is 5.90. The summed E-state index contributed by atoms with van der Waals surface area (Å²) in [5.74, 6) is -0.369.